The van der Waals surface area contributed by atoms with Crippen LogP contribution in [0.2, 0.25) is 0 Å². The average molecular weight is 1320 g/mol. The zero-order valence-electron chi connectivity index (χ0n) is 51.5. The second-order valence-corrected chi connectivity index (χ2v) is 22.1. The summed E-state index contributed by atoms with van der Waals surface area (Å²) in [7, 11) is -7.80. The second-order valence-electron chi connectivity index (χ2n) is 22.1. The summed E-state index contributed by atoms with van der Waals surface area (Å²) in [5.74, 6) is 0.784. The van der Waals surface area contributed by atoms with Crippen molar-refractivity contribution in [2.45, 2.75) is 0 Å². The van der Waals surface area contributed by atoms with Gasteiger partial charge in [0.25, 0.3) is 0 Å². The van der Waals surface area contributed by atoms with E-state index in [-0.39, 0.29) is 84.5 Å². The van der Waals surface area contributed by atoms with Crippen LogP contribution in [0, 0.1) is 17.8 Å². The number of rotatable bonds is 9. The maximum absolute atomic E-state index is 15.6. The highest BCUT2D eigenvalue weighted by atomic mass is 19.5. The third kappa shape index (κ3) is 13.2. The second kappa shape index (κ2) is 26.3. The molecule has 27 heteroatoms. The normalized spacial score (nSPS) is 11.7. The molecule has 0 spiro atoms. The Kier molecular flexibility index (Phi) is 18.5. The van der Waals surface area contributed by atoms with Crippen LogP contribution in [0.4, 0.5) is 51.8 Å². The molecule has 0 amide bonds. The molecule has 96 heavy (non-hydrogen) atoms. The molecule has 0 N–H and O–H groups in total. The first-order valence-corrected chi connectivity index (χ1v) is 29.2. The molecule has 1 aromatic carbocycles. The van der Waals surface area contributed by atoms with Crippen molar-refractivity contribution in [1.29, 1.82) is 0 Å². The molecule has 0 saturated carbocycles. The summed E-state index contributed by atoms with van der Waals surface area (Å²) in [4.78, 5) is 93.3. The van der Waals surface area contributed by atoms with Gasteiger partial charge in [-0.05, 0) is 72.8 Å². The number of fused-ring (bicyclic) bond motifs is 6. The lowest BCUT2D eigenvalue weighted by Gasteiger charge is -2.19. The SMILES string of the molecule is Cn1c2cccccc-2c([C+](c2cc([C+](c3c4cccccc-4n(C)c3=O)c3c4cccccc-4n(C)c3=O)cc([C+](c3c4cccccc-4n(C)c3=O)c3c4cccccc-4n(C)c3=O)c2)c2c3cccccc-3n(C)c2=O)c1=O.F[B-](F)(F)F.F[B-](F)(F)F.F[B-](F)(F)F. The lowest BCUT2D eigenvalue weighted by atomic mass is 9.75. The smallest absolute Gasteiger partial charge is 0.418 e. The molecule has 0 aromatic heterocycles. The van der Waals surface area contributed by atoms with E-state index < -0.39 is 21.8 Å². The molecule has 0 atom stereocenters. The van der Waals surface area contributed by atoms with Crippen molar-refractivity contribution in [3.8, 4) is 67.5 Å². The fourth-order valence-corrected chi connectivity index (χ4v) is 12.4. The lowest BCUT2D eigenvalue weighted by molar-refractivity contribution is 0.366. The summed E-state index contributed by atoms with van der Waals surface area (Å²) in [6.07, 6.45) is 0. The summed E-state index contributed by atoms with van der Waals surface area (Å²) in [5.41, 5.74) is 6.93. The van der Waals surface area contributed by atoms with Gasteiger partial charge in [-0.2, -0.15) is 0 Å². The number of hydrogen-bond acceptors (Lipinski definition) is 6. The van der Waals surface area contributed by atoms with Crippen LogP contribution in [0.25, 0.3) is 67.5 Å². The van der Waals surface area contributed by atoms with Crippen molar-refractivity contribution in [3.63, 3.8) is 0 Å². The van der Waals surface area contributed by atoms with Crippen LogP contribution < -0.4 is 33.4 Å². The minimum atomic E-state index is -6.00. The van der Waals surface area contributed by atoms with Gasteiger partial charge in [0.1, 0.15) is 33.4 Å². The van der Waals surface area contributed by atoms with E-state index in [1.54, 1.807) is 69.7 Å². The molecule has 13 rings (SSSR count). The van der Waals surface area contributed by atoms with Gasteiger partial charge in [-0.15, -0.1) is 0 Å². The monoisotopic (exact) mass is 1320 g/mol. The third-order valence-corrected chi connectivity index (χ3v) is 16.3. The van der Waals surface area contributed by atoms with E-state index in [0.29, 0.717) is 84.2 Å². The van der Waals surface area contributed by atoms with Gasteiger partial charge < -0.3 is 51.8 Å². The van der Waals surface area contributed by atoms with Gasteiger partial charge in [0, 0.05) is 60.5 Å². The molecule has 486 valence electrons. The quantitative estimate of drug-likeness (QED) is 0.0803. The molecular weight excluding hydrogens is 1270 g/mol. The van der Waals surface area contributed by atoms with Gasteiger partial charge in [-0.25, -0.2) is 28.8 Å². The first-order valence-electron chi connectivity index (χ1n) is 29.2. The van der Waals surface area contributed by atoms with Gasteiger partial charge in [-0.3, -0.25) is 27.4 Å². The van der Waals surface area contributed by atoms with E-state index in [2.05, 4.69) is 0 Å². The number of nitrogens with zero attached hydrogens (tertiary/aromatic N) is 6. The van der Waals surface area contributed by atoms with Crippen molar-refractivity contribution in [3.05, 3.63) is 330 Å². The number of benzene rings is 1. The van der Waals surface area contributed by atoms with Crippen LogP contribution in [0.5, 0.6) is 0 Å². The summed E-state index contributed by atoms with van der Waals surface area (Å²) in [6, 6.07) is 61.3. The molecule has 12 aliphatic rings. The largest absolute Gasteiger partial charge is 0.673 e. The highest BCUT2D eigenvalue weighted by Gasteiger charge is 2.46. The van der Waals surface area contributed by atoms with E-state index in [9.17, 15) is 51.8 Å². The zero-order valence-corrected chi connectivity index (χ0v) is 51.5. The van der Waals surface area contributed by atoms with E-state index in [1.165, 1.54) is 0 Å². The Bertz CT molecular complexity index is 4430. The summed E-state index contributed by atoms with van der Waals surface area (Å²) in [5, 5.41) is 0. The molecule has 0 bridgehead atoms. The van der Waals surface area contributed by atoms with Crippen molar-refractivity contribution in [1.82, 2.24) is 27.4 Å². The highest BCUT2D eigenvalue weighted by Crippen LogP contribution is 2.48. The van der Waals surface area contributed by atoms with Crippen LogP contribution in [-0.2, 0) is 42.3 Å². The van der Waals surface area contributed by atoms with Gasteiger partial charge in [0.05, 0.1) is 102 Å². The Morgan fingerprint density at radius 1 is 0.229 bits per heavy atom. The molecule has 1 aromatic rings. The van der Waals surface area contributed by atoms with E-state index >= 15 is 28.8 Å². The minimum absolute atomic E-state index is 0.220. The Morgan fingerprint density at radius 3 is 0.490 bits per heavy atom. The fourth-order valence-electron chi connectivity index (χ4n) is 12.4. The molecular formula is C69H51B3F12N6O6. The summed E-state index contributed by atoms with van der Waals surface area (Å²) < 4.78 is 126. The van der Waals surface area contributed by atoms with Crippen molar-refractivity contribution in [2.24, 2.45) is 42.3 Å². The van der Waals surface area contributed by atoms with E-state index in [4.69, 9.17) is 0 Å². The van der Waals surface area contributed by atoms with Crippen molar-refractivity contribution < 1.29 is 51.8 Å². The van der Waals surface area contributed by atoms with Crippen LogP contribution in [0.1, 0.15) is 50.1 Å². The molecule has 0 unspecified atom stereocenters. The molecule has 0 fully saturated rings. The number of halogens is 12. The third-order valence-electron chi connectivity index (χ3n) is 16.3. The van der Waals surface area contributed by atoms with E-state index in [0.717, 1.165) is 0 Å². The van der Waals surface area contributed by atoms with Crippen LogP contribution in [0.15, 0.2) is 229 Å². The van der Waals surface area contributed by atoms with Gasteiger partial charge in [0.15, 0.2) is 0 Å². The standard InChI is InChI=1S/C69H51N6O6.3BF4/c1-70-49-31-19-7-13-25-43(49)58(64(70)76)55(59-44-26-14-8-20-32-50(44)71(2)65(59)77)40-37-41(56(60-45-27-15-9-21-33-51(45)72(3)66(60)78)61-46-28-16-10-22-34-52(46)73(4)67(61)79)39-42(38-40)57(62-47-29-17-11-23-35-53(47)74(5)68(62)80)63-48-30-18-12-24-36-54(48)75(6)69(63)81;3*2-1(3,4)5/h7-39H,1-6H3;;;/q+3;3*-1. The zero-order chi connectivity index (χ0) is 69.6. The topological polar surface area (TPSA) is 132 Å². The average Bonchev–Trinajstić information content (AvgIpc) is 1.54. The fraction of sp³-hybridized carbons (Fsp3) is 0.0870. The van der Waals surface area contributed by atoms with Gasteiger partial charge in [-0.1, -0.05) is 109 Å². The Hall–Kier alpha value is -11.2. The maximum Gasteiger partial charge on any atom is 0.673 e. The van der Waals surface area contributed by atoms with Crippen LogP contribution >= 0.6 is 0 Å². The maximum atomic E-state index is 15.6. The van der Waals surface area contributed by atoms with Crippen LogP contribution in [-0.4, -0.2) is 49.2 Å². The lowest BCUT2D eigenvalue weighted by Crippen LogP contribution is -2.27. The Morgan fingerprint density at radius 2 is 0.354 bits per heavy atom. The summed E-state index contributed by atoms with van der Waals surface area (Å²) >= 11 is 0. The van der Waals surface area contributed by atoms with Gasteiger partial charge >= 0.3 is 55.1 Å². The van der Waals surface area contributed by atoms with Gasteiger partial charge in [0.2, 0.25) is 0 Å². The number of aromatic nitrogens is 6. The van der Waals surface area contributed by atoms with E-state index in [1.807, 2.05) is 200 Å². The predicted molar refractivity (Wildman–Crippen MR) is 348 cm³/mol. The first-order chi connectivity index (χ1) is 45.3. The number of hydrogen-bond donors (Lipinski definition) is 0. The molecule has 6 aliphatic heterocycles. The molecule has 12 nitrogen and oxygen atoms in total. The predicted octanol–water partition coefficient (Wildman–Crippen LogP) is 13.5. The van der Waals surface area contributed by atoms with Crippen molar-refractivity contribution in [2.75, 3.05) is 0 Å². The molecule has 0 saturated heterocycles. The molecule has 6 heterocycles. The first kappa shape index (κ1) is 67.6. The summed E-state index contributed by atoms with van der Waals surface area (Å²) in [6.45, 7) is 0. The highest BCUT2D eigenvalue weighted by molar-refractivity contribution is 6.50. The minimum Gasteiger partial charge on any atom is -0.418 e. The Balaban J connectivity index is 0.000000604. The molecule has 0 radical (unpaired) electrons. The Labute approximate surface area is 538 Å². The van der Waals surface area contributed by atoms with Crippen molar-refractivity contribution >= 4 is 21.8 Å². The van der Waals surface area contributed by atoms with Crippen LogP contribution in [0.3, 0.4) is 0 Å². The molecule has 6 aliphatic carbocycles.